The highest BCUT2D eigenvalue weighted by Crippen LogP contribution is 2.33. The summed E-state index contributed by atoms with van der Waals surface area (Å²) in [5.41, 5.74) is 1.49. The first kappa shape index (κ1) is 8.98. The average molecular weight is 171 g/mol. The van der Waals surface area contributed by atoms with E-state index in [2.05, 4.69) is 26.1 Å². The summed E-state index contributed by atoms with van der Waals surface area (Å²) in [6, 6.07) is 0. The summed E-state index contributed by atoms with van der Waals surface area (Å²) in [6.07, 6.45) is 3.66. The molecule has 64 valence electrons. The van der Waals surface area contributed by atoms with Crippen molar-refractivity contribution in [2.24, 2.45) is 0 Å². The second-order valence-corrected chi connectivity index (χ2v) is 4.35. The van der Waals surface area contributed by atoms with Gasteiger partial charge in [-0.25, -0.2) is 0 Å². The van der Waals surface area contributed by atoms with Crippen molar-refractivity contribution in [2.75, 3.05) is 0 Å². The summed E-state index contributed by atoms with van der Waals surface area (Å²) >= 11 is 1.98. The maximum absolute atomic E-state index is 3.50. The Morgan fingerprint density at radius 1 is 1.45 bits per heavy atom. The lowest BCUT2D eigenvalue weighted by Crippen LogP contribution is -2.15. The highest BCUT2D eigenvalue weighted by molar-refractivity contribution is 8.03. The number of hydrogen-bond acceptors (Lipinski definition) is 2. The lowest BCUT2D eigenvalue weighted by Gasteiger charge is -2.04. The van der Waals surface area contributed by atoms with Gasteiger partial charge in [0.25, 0.3) is 0 Å². The van der Waals surface area contributed by atoms with Gasteiger partial charge in [0, 0.05) is 10.6 Å². The van der Waals surface area contributed by atoms with Gasteiger partial charge in [0.1, 0.15) is 0 Å². The van der Waals surface area contributed by atoms with Crippen molar-refractivity contribution in [3.05, 3.63) is 10.6 Å². The van der Waals surface area contributed by atoms with Gasteiger partial charge in [-0.2, -0.15) is 0 Å². The Morgan fingerprint density at radius 3 is 2.73 bits per heavy atom. The third-order valence-corrected chi connectivity index (χ3v) is 3.15. The van der Waals surface area contributed by atoms with Crippen LogP contribution in [0.2, 0.25) is 0 Å². The van der Waals surface area contributed by atoms with Crippen LogP contribution in [0.1, 0.15) is 40.0 Å². The van der Waals surface area contributed by atoms with Gasteiger partial charge in [0.2, 0.25) is 0 Å². The summed E-state index contributed by atoms with van der Waals surface area (Å²) in [5, 5.41) is 4.10. The fourth-order valence-electron chi connectivity index (χ4n) is 1.40. The second kappa shape index (κ2) is 4.05. The number of rotatable bonds is 3. The van der Waals surface area contributed by atoms with Crippen molar-refractivity contribution >= 4 is 11.8 Å². The van der Waals surface area contributed by atoms with Crippen molar-refractivity contribution in [1.29, 1.82) is 0 Å². The molecule has 11 heavy (non-hydrogen) atoms. The van der Waals surface area contributed by atoms with E-state index in [0.717, 1.165) is 0 Å². The van der Waals surface area contributed by atoms with Gasteiger partial charge in [0.15, 0.2) is 0 Å². The fourth-order valence-corrected chi connectivity index (χ4v) is 2.50. The summed E-state index contributed by atoms with van der Waals surface area (Å²) in [4.78, 5) is 1.57. The van der Waals surface area contributed by atoms with Crippen LogP contribution in [0.15, 0.2) is 10.6 Å². The molecule has 1 atom stereocenters. The molecule has 1 N–H and O–H groups in total. The molecule has 0 aromatic rings. The predicted molar refractivity (Wildman–Crippen MR) is 52.4 cm³/mol. The zero-order valence-corrected chi connectivity index (χ0v) is 8.42. The van der Waals surface area contributed by atoms with Crippen LogP contribution in [-0.4, -0.2) is 5.37 Å². The average Bonchev–Trinajstić information content (AvgIpc) is 2.32. The minimum absolute atomic E-state index is 0.603. The smallest absolute Gasteiger partial charge is 0.0735 e. The molecule has 2 heteroatoms. The van der Waals surface area contributed by atoms with Gasteiger partial charge in [-0.3, -0.25) is 0 Å². The van der Waals surface area contributed by atoms with E-state index in [1.807, 2.05) is 11.8 Å². The van der Waals surface area contributed by atoms with E-state index in [1.165, 1.54) is 25.0 Å². The molecule has 1 aliphatic rings. The van der Waals surface area contributed by atoms with Gasteiger partial charge >= 0.3 is 0 Å². The lowest BCUT2D eigenvalue weighted by molar-refractivity contribution is 0.740. The number of nitrogens with one attached hydrogen (secondary N) is 1. The minimum atomic E-state index is 0.603. The topological polar surface area (TPSA) is 12.0 Å². The van der Waals surface area contributed by atoms with Gasteiger partial charge in [-0.15, -0.1) is 11.8 Å². The Labute approximate surface area is 73.6 Å². The van der Waals surface area contributed by atoms with Crippen molar-refractivity contribution in [2.45, 2.75) is 45.4 Å². The molecule has 0 saturated heterocycles. The summed E-state index contributed by atoms with van der Waals surface area (Å²) < 4.78 is 0. The fraction of sp³-hybridized carbons (Fsp3) is 0.778. The van der Waals surface area contributed by atoms with E-state index in [1.54, 1.807) is 4.91 Å². The molecule has 0 radical (unpaired) electrons. The van der Waals surface area contributed by atoms with Gasteiger partial charge in [-0.1, -0.05) is 20.3 Å². The first-order chi connectivity index (χ1) is 5.27. The third kappa shape index (κ3) is 2.16. The molecular weight excluding hydrogens is 154 g/mol. The Balaban J connectivity index is 2.56. The molecule has 0 aromatic carbocycles. The first-order valence-electron chi connectivity index (χ1n) is 4.43. The van der Waals surface area contributed by atoms with Crippen LogP contribution in [-0.2, 0) is 0 Å². The normalized spacial score (nSPS) is 24.1. The largest absolute Gasteiger partial charge is 0.376 e. The monoisotopic (exact) mass is 171 g/mol. The van der Waals surface area contributed by atoms with Gasteiger partial charge < -0.3 is 5.32 Å². The SMILES string of the molecule is CCCC1=C(CC)SC(C)N1. The van der Waals surface area contributed by atoms with E-state index in [-0.39, 0.29) is 0 Å². The third-order valence-electron chi connectivity index (χ3n) is 1.85. The van der Waals surface area contributed by atoms with Crippen LogP contribution < -0.4 is 5.32 Å². The van der Waals surface area contributed by atoms with E-state index in [4.69, 9.17) is 0 Å². The van der Waals surface area contributed by atoms with Gasteiger partial charge in [-0.05, 0) is 19.8 Å². The zero-order valence-electron chi connectivity index (χ0n) is 7.61. The zero-order chi connectivity index (χ0) is 8.27. The molecule has 0 aliphatic carbocycles. The van der Waals surface area contributed by atoms with Crippen molar-refractivity contribution < 1.29 is 0 Å². The van der Waals surface area contributed by atoms with Crippen LogP contribution in [0.25, 0.3) is 0 Å². The molecule has 0 amide bonds. The molecule has 1 rings (SSSR count). The Hall–Kier alpha value is -0.110. The Bertz CT molecular complexity index is 163. The van der Waals surface area contributed by atoms with Crippen molar-refractivity contribution in [3.8, 4) is 0 Å². The van der Waals surface area contributed by atoms with E-state index >= 15 is 0 Å². The standard InChI is InChI=1S/C9H17NS/c1-4-6-8-9(5-2)11-7(3)10-8/h7,10H,4-6H2,1-3H3. The molecule has 0 bridgehead atoms. The van der Waals surface area contributed by atoms with Crippen molar-refractivity contribution in [1.82, 2.24) is 5.32 Å². The molecule has 1 unspecified atom stereocenters. The Morgan fingerprint density at radius 2 is 2.18 bits per heavy atom. The molecule has 1 nitrogen and oxygen atoms in total. The van der Waals surface area contributed by atoms with Crippen LogP contribution in [0.5, 0.6) is 0 Å². The predicted octanol–water partition coefficient (Wildman–Crippen LogP) is 3.09. The second-order valence-electron chi connectivity index (χ2n) is 2.91. The van der Waals surface area contributed by atoms with Crippen molar-refractivity contribution in [3.63, 3.8) is 0 Å². The number of allylic oxidation sites excluding steroid dienone is 2. The maximum atomic E-state index is 3.50. The molecule has 0 fully saturated rings. The Kier molecular flexibility index (Phi) is 3.31. The van der Waals surface area contributed by atoms with E-state index in [9.17, 15) is 0 Å². The van der Waals surface area contributed by atoms with Crippen LogP contribution in [0.4, 0.5) is 0 Å². The molecule has 0 aromatic heterocycles. The quantitative estimate of drug-likeness (QED) is 0.700. The summed E-state index contributed by atoms with van der Waals surface area (Å²) in [5.74, 6) is 0. The highest BCUT2D eigenvalue weighted by atomic mass is 32.2. The molecular formula is C9H17NS. The molecule has 1 aliphatic heterocycles. The minimum Gasteiger partial charge on any atom is -0.376 e. The van der Waals surface area contributed by atoms with Crippen LogP contribution in [0, 0.1) is 0 Å². The molecule has 1 heterocycles. The van der Waals surface area contributed by atoms with E-state index in [0.29, 0.717) is 5.37 Å². The highest BCUT2D eigenvalue weighted by Gasteiger charge is 2.17. The molecule has 0 spiro atoms. The van der Waals surface area contributed by atoms with Gasteiger partial charge in [0.05, 0.1) is 5.37 Å². The number of hydrogen-bond donors (Lipinski definition) is 1. The van der Waals surface area contributed by atoms with Crippen LogP contribution in [0.3, 0.4) is 0 Å². The first-order valence-corrected chi connectivity index (χ1v) is 5.31. The van der Waals surface area contributed by atoms with E-state index < -0.39 is 0 Å². The molecule has 0 saturated carbocycles. The number of thioether (sulfide) groups is 1. The van der Waals surface area contributed by atoms with Crippen LogP contribution >= 0.6 is 11.8 Å². The maximum Gasteiger partial charge on any atom is 0.0735 e. The summed E-state index contributed by atoms with van der Waals surface area (Å²) in [6.45, 7) is 6.69. The summed E-state index contributed by atoms with van der Waals surface area (Å²) in [7, 11) is 0. The lowest BCUT2D eigenvalue weighted by atomic mass is 10.2.